The first kappa shape index (κ1) is 9.71. The molecule has 1 nitrogen and oxygen atoms in total. The third kappa shape index (κ3) is 2.56. The molecule has 0 saturated heterocycles. The van der Waals surface area contributed by atoms with E-state index in [1.165, 1.54) is 6.07 Å². The fourth-order valence-electron chi connectivity index (χ4n) is 1.24. The molecule has 15 heavy (non-hydrogen) atoms. The summed E-state index contributed by atoms with van der Waals surface area (Å²) in [6.07, 6.45) is 0. The Morgan fingerprint density at radius 3 is 2.60 bits per heavy atom. The van der Waals surface area contributed by atoms with Gasteiger partial charge in [-0.1, -0.05) is 36.4 Å². The van der Waals surface area contributed by atoms with Crippen molar-refractivity contribution in [3.8, 4) is 5.75 Å². The van der Waals surface area contributed by atoms with E-state index in [-0.39, 0.29) is 11.6 Å². The second-order valence-electron chi connectivity index (χ2n) is 3.11. The van der Waals surface area contributed by atoms with Gasteiger partial charge < -0.3 is 4.74 Å². The summed E-state index contributed by atoms with van der Waals surface area (Å²) in [5, 5.41) is 0. The maximum absolute atomic E-state index is 13.2. The monoisotopic (exact) mass is 201 g/mol. The van der Waals surface area contributed by atoms with Crippen LogP contribution in [0.15, 0.2) is 48.5 Å². The lowest BCUT2D eigenvalue weighted by Gasteiger charge is -2.06. The number of para-hydroxylation sites is 1. The maximum Gasteiger partial charge on any atom is 0.165 e. The third-order valence-corrected chi connectivity index (χ3v) is 1.99. The molecule has 0 N–H and O–H groups in total. The van der Waals surface area contributed by atoms with Crippen LogP contribution in [0.25, 0.3) is 0 Å². The smallest absolute Gasteiger partial charge is 0.165 e. The first-order valence-corrected chi connectivity index (χ1v) is 4.69. The van der Waals surface area contributed by atoms with Gasteiger partial charge >= 0.3 is 0 Å². The van der Waals surface area contributed by atoms with Crippen LogP contribution in [0.4, 0.5) is 4.39 Å². The van der Waals surface area contributed by atoms with Gasteiger partial charge in [-0.15, -0.1) is 0 Å². The van der Waals surface area contributed by atoms with Gasteiger partial charge in [-0.25, -0.2) is 4.39 Å². The molecule has 0 aliphatic rings. The quantitative estimate of drug-likeness (QED) is 0.741. The van der Waals surface area contributed by atoms with Crippen molar-refractivity contribution in [2.45, 2.75) is 6.61 Å². The molecule has 0 bridgehead atoms. The van der Waals surface area contributed by atoms with E-state index in [0.717, 1.165) is 5.56 Å². The molecule has 0 amide bonds. The molecule has 0 aromatic heterocycles. The number of benzene rings is 2. The highest BCUT2D eigenvalue weighted by Gasteiger charge is 2.01. The maximum atomic E-state index is 13.2. The molecule has 0 spiro atoms. The van der Waals surface area contributed by atoms with Crippen LogP contribution in [0.3, 0.4) is 0 Å². The zero-order chi connectivity index (χ0) is 10.5. The molecule has 2 aromatic rings. The summed E-state index contributed by atoms with van der Waals surface area (Å²) in [7, 11) is 0. The Bertz CT molecular complexity index is 426. The molecule has 0 fully saturated rings. The van der Waals surface area contributed by atoms with Crippen molar-refractivity contribution in [1.29, 1.82) is 0 Å². The van der Waals surface area contributed by atoms with Crippen LogP contribution in [0.1, 0.15) is 5.56 Å². The van der Waals surface area contributed by atoms with E-state index in [1.807, 2.05) is 18.2 Å². The minimum absolute atomic E-state index is 0.273. The predicted octanol–water partition coefficient (Wildman–Crippen LogP) is 3.20. The average Bonchev–Trinajstić information content (AvgIpc) is 2.29. The highest BCUT2D eigenvalue weighted by molar-refractivity contribution is 5.24. The lowest BCUT2D eigenvalue weighted by atomic mass is 10.2. The Kier molecular flexibility index (Phi) is 2.98. The van der Waals surface area contributed by atoms with Crippen LogP contribution in [0.2, 0.25) is 0 Å². The lowest BCUT2D eigenvalue weighted by Crippen LogP contribution is -1.96. The van der Waals surface area contributed by atoms with Crippen LogP contribution >= 0.6 is 0 Å². The van der Waals surface area contributed by atoms with E-state index in [4.69, 9.17) is 4.74 Å². The molecule has 0 unspecified atom stereocenters. The minimum atomic E-state index is -0.339. The Labute approximate surface area is 88.1 Å². The largest absolute Gasteiger partial charge is 0.486 e. The van der Waals surface area contributed by atoms with Crippen molar-refractivity contribution < 1.29 is 9.13 Å². The second kappa shape index (κ2) is 4.60. The fraction of sp³-hybridized carbons (Fsp3) is 0.0769. The number of ether oxygens (including phenoxy) is 1. The first-order valence-electron chi connectivity index (χ1n) is 4.69. The van der Waals surface area contributed by atoms with Gasteiger partial charge in [0.1, 0.15) is 6.61 Å². The molecule has 0 atom stereocenters. The number of rotatable bonds is 3. The van der Waals surface area contributed by atoms with Crippen molar-refractivity contribution in [2.75, 3.05) is 0 Å². The Morgan fingerprint density at radius 1 is 1.07 bits per heavy atom. The molecule has 0 aliphatic carbocycles. The Morgan fingerprint density at radius 2 is 1.87 bits per heavy atom. The van der Waals surface area contributed by atoms with Crippen molar-refractivity contribution >= 4 is 0 Å². The molecular weight excluding hydrogens is 191 g/mol. The molecule has 2 heteroatoms. The zero-order valence-electron chi connectivity index (χ0n) is 8.11. The second-order valence-corrected chi connectivity index (χ2v) is 3.11. The van der Waals surface area contributed by atoms with Gasteiger partial charge in [-0.05, 0) is 23.8 Å². The standard InChI is InChI=1S/C13H10FO/c14-12-8-4-5-9-13(12)15-10-11-6-2-1-3-7-11/h1-6,8-9H,10H2. The van der Waals surface area contributed by atoms with Crippen molar-refractivity contribution in [1.82, 2.24) is 0 Å². The summed E-state index contributed by atoms with van der Waals surface area (Å²) in [5.74, 6) is -0.0665. The van der Waals surface area contributed by atoms with Crippen LogP contribution in [-0.2, 0) is 6.61 Å². The molecule has 2 aromatic carbocycles. The predicted molar refractivity (Wildman–Crippen MR) is 56.0 cm³/mol. The summed E-state index contributed by atoms with van der Waals surface area (Å²) in [6, 6.07) is 16.9. The number of hydrogen-bond acceptors (Lipinski definition) is 1. The van der Waals surface area contributed by atoms with Gasteiger partial charge in [0.05, 0.1) is 0 Å². The van der Waals surface area contributed by atoms with Gasteiger partial charge in [0.25, 0.3) is 0 Å². The van der Waals surface area contributed by atoms with E-state index in [0.29, 0.717) is 6.61 Å². The lowest BCUT2D eigenvalue weighted by molar-refractivity contribution is 0.290. The summed E-state index contributed by atoms with van der Waals surface area (Å²) in [4.78, 5) is 0. The number of hydrogen-bond donors (Lipinski definition) is 0. The van der Waals surface area contributed by atoms with Gasteiger partial charge in [-0.2, -0.15) is 0 Å². The van der Waals surface area contributed by atoms with Crippen LogP contribution in [0, 0.1) is 11.9 Å². The fourth-order valence-corrected chi connectivity index (χ4v) is 1.24. The highest BCUT2D eigenvalue weighted by atomic mass is 19.1. The molecule has 0 heterocycles. The topological polar surface area (TPSA) is 9.23 Å². The molecule has 0 saturated carbocycles. The third-order valence-electron chi connectivity index (χ3n) is 1.99. The summed E-state index contributed by atoms with van der Waals surface area (Å²) < 4.78 is 18.5. The number of halogens is 1. The van der Waals surface area contributed by atoms with Gasteiger partial charge in [-0.3, -0.25) is 0 Å². The zero-order valence-corrected chi connectivity index (χ0v) is 8.11. The van der Waals surface area contributed by atoms with Crippen molar-refractivity contribution in [3.05, 3.63) is 66.0 Å². The van der Waals surface area contributed by atoms with E-state index < -0.39 is 0 Å². The summed E-state index contributed by atoms with van der Waals surface area (Å²) in [5.41, 5.74) is 0.903. The average molecular weight is 201 g/mol. The molecule has 2 rings (SSSR count). The highest BCUT2D eigenvalue weighted by Crippen LogP contribution is 2.16. The van der Waals surface area contributed by atoms with E-state index in [1.54, 1.807) is 24.3 Å². The van der Waals surface area contributed by atoms with Gasteiger partial charge in [0.2, 0.25) is 0 Å². The van der Waals surface area contributed by atoms with Gasteiger partial charge in [0, 0.05) is 0 Å². The van der Waals surface area contributed by atoms with Crippen LogP contribution in [-0.4, -0.2) is 0 Å². The summed E-state index contributed by atoms with van der Waals surface area (Å²) >= 11 is 0. The normalized spacial score (nSPS) is 9.93. The molecule has 75 valence electrons. The van der Waals surface area contributed by atoms with E-state index in [2.05, 4.69) is 6.07 Å². The van der Waals surface area contributed by atoms with Crippen LogP contribution < -0.4 is 4.74 Å². The molecule has 0 aliphatic heterocycles. The first-order chi connectivity index (χ1) is 7.36. The molecule has 1 radical (unpaired) electrons. The van der Waals surface area contributed by atoms with E-state index in [9.17, 15) is 4.39 Å². The summed E-state index contributed by atoms with van der Waals surface area (Å²) in [6.45, 7) is 0.335. The SMILES string of the molecule is Fc1ccccc1OCc1[c]cccc1. The Hall–Kier alpha value is -1.83. The van der Waals surface area contributed by atoms with E-state index >= 15 is 0 Å². The minimum Gasteiger partial charge on any atom is -0.486 e. The van der Waals surface area contributed by atoms with Crippen molar-refractivity contribution in [2.24, 2.45) is 0 Å². The Balaban J connectivity index is 2.03. The van der Waals surface area contributed by atoms with Crippen molar-refractivity contribution in [3.63, 3.8) is 0 Å². The van der Waals surface area contributed by atoms with Gasteiger partial charge in [0.15, 0.2) is 11.6 Å². The molecular formula is C13H10FO. The van der Waals surface area contributed by atoms with Crippen LogP contribution in [0.5, 0.6) is 5.75 Å².